The first kappa shape index (κ1) is 17.4. The molecule has 0 spiro atoms. The molecule has 1 heterocycles. The van der Waals surface area contributed by atoms with E-state index in [1.165, 1.54) is 11.1 Å². The van der Waals surface area contributed by atoms with Gasteiger partial charge in [0, 0.05) is 29.6 Å². The molecule has 0 aliphatic carbocycles. The van der Waals surface area contributed by atoms with E-state index in [0.29, 0.717) is 0 Å². The minimum Gasteiger partial charge on any atom is -0.399 e. The number of aromatic nitrogens is 2. The summed E-state index contributed by atoms with van der Waals surface area (Å²) in [7, 11) is 2.09. The van der Waals surface area contributed by atoms with Crippen LogP contribution in [0.15, 0.2) is 90.1 Å². The molecule has 0 saturated carbocycles. The first-order valence-electron chi connectivity index (χ1n) is 8.87. The molecule has 0 amide bonds. The van der Waals surface area contributed by atoms with Crippen molar-refractivity contribution in [2.75, 3.05) is 5.73 Å². The fourth-order valence-corrected chi connectivity index (χ4v) is 4.02. The Morgan fingerprint density at radius 1 is 0.815 bits per heavy atom. The molecule has 3 aromatic carbocycles. The third-order valence-electron chi connectivity index (χ3n) is 4.50. The molecule has 0 aliphatic heterocycles. The molecule has 0 radical (unpaired) electrons. The molecule has 1 aromatic heterocycles. The van der Waals surface area contributed by atoms with E-state index in [4.69, 9.17) is 10.7 Å². The Hall–Kier alpha value is -2.98. The van der Waals surface area contributed by atoms with Crippen molar-refractivity contribution in [3.8, 4) is 22.5 Å². The normalized spacial score (nSPS) is 10.9. The van der Waals surface area contributed by atoms with E-state index >= 15 is 0 Å². The molecule has 0 saturated heterocycles. The fraction of sp³-hybridized carbons (Fsp3) is 0.0870. The highest BCUT2D eigenvalue weighted by atomic mass is 32.2. The molecule has 4 rings (SSSR count). The van der Waals surface area contributed by atoms with Crippen LogP contribution in [-0.4, -0.2) is 9.55 Å². The van der Waals surface area contributed by atoms with Crippen LogP contribution in [0.1, 0.15) is 5.56 Å². The number of thioether (sulfide) groups is 1. The quantitative estimate of drug-likeness (QED) is 0.365. The van der Waals surface area contributed by atoms with Gasteiger partial charge in [0.15, 0.2) is 5.16 Å². The number of nitrogen functional groups attached to an aromatic ring is 1. The van der Waals surface area contributed by atoms with Crippen LogP contribution in [0.5, 0.6) is 0 Å². The number of hydrogen-bond donors (Lipinski definition) is 1. The standard InChI is InChI=1S/C23H21N3S/c1-26-22(19-10-6-3-7-11-19)21(18-8-4-2-5-9-18)25-23(26)27-16-17-12-14-20(24)15-13-17/h2-15H,16,24H2,1H3. The topological polar surface area (TPSA) is 43.8 Å². The van der Waals surface area contributed by atoms with E-state index in [2.05, 4.69) is 72.3 Å². The summed E-state index contributed by atoms with van der Waals surface area (Å²) in [5.74, 6) is 0.855. The molecule has 0 atom stereocenters. The van der Waals surface area contributed by atoms with Crippen molar-refractivity contribution in [3.63, 3.8) is 0 Å². The summed E-state index contributed by atoms with van der Waals surface area (Å²) in [5.41, 5.74) is 12.3. The van der Waals surface area contributed by atoms with Crippen molar-refractivity contribution in [2.24, 2.45) is 7.05 Å². The van der Waals surface area contributed by atoms with Gasteiger partial charge in [0.2, 0.25) is 0 Å². The van der Waals surface area contributed by atoms with Gasteiger partial charge in [-0.25, -0.2) is 4.98 Å². The van der Waals surface area contributed by atoms with Crippen LogP contribution in [0.3, 0.4) is 0 Å². The maximum Gasteiger partial charge on any atom is 0.169 e. The van der Waals surface area contributed by atoms with Gasteiger partial charge in [0.25, 0.3) is 0 Å². The van der Waals surface area contributed by atoms with Crippen molar-refractivity contribution >= 4 is 17.4 Å². The van der Waals surface area contributed by atoms with Gasteiger partial charge >= 0.3 is 0 Å². The Bertz CT molecular complexity index is 1020. The Morgan fingerprint density at radius 2 is 1.41 bits per heavy atom. The molecule has 2 N–H and O–H groups in total. The lowest BCUT2D eigenvalue weighted by atomic mass is 10.1. The van der Waals surface area contributed by atoms with Crippen LogP contribution >= 0.6 is 11.8 Å². The highest BCUT2D eigenvalue weighted by Gasteiger charge is 2.18. The van der Waals surface area contributed by atoms with Crippen molar-refractivity contribution in [1.82, 2.24) is 9.55 Å². The lowest BCUT2D eigenvalue weighted by molar-refractivity contribution is 0.796. The number of nitrogens with two attached hydrogens (primary N) is 1. The highest BCUT2D eigenvalue weighted by molar-refractivity contribution is 7.98. The van der Waals surface area contributed by atoms with Crippen LogP contribution in [-0.2, 0) is 12.8 Å². The van der Waals surface area contributed by atoms with Crippen molar-refractivity contribution in [1.29, 1.82) is 0 Å². The molecule has 0 unspecified atom stereocenters. The zero-order valence-electron chi connectivity index (χ0n) is 15.2. The predicted octanol–water partition coefficient (Wildman–Crippen LogP) is 5.63. The van der Waals surface area contributed by atoms with Gasteiger partial charge in [0.1, 0.15) is 0 Å². The third kappa shape index (κ3) is 3.76. The summed E-state index contributed by atoms with van der Waals surface area (Å²) in [5, 5.41) is 1.00. The van der Waals surface area contributed by atoms with E-state index in [-0.39, 0.29) is 0 Å². The molecule has 0 aliphatic rings. The minimum absolute atomic E-state index is 0.790. The first-order valence-corrected chi connectivity index (χ1v) is 9.86. The van der Waals surface area contributed by atoms with Gasteiger partial charge in [-0.2, -0.15) is 0 Å². The Balaban J connectivity index is 1.72. The molecule has 27 heavy (non-hydrogen) atoms. The molecule has 4 aromatic rings. The highest BCUT2D eigenvalue weighted by Crippen LogP contribution is 2.35. The number of nitrogens with zero attached hydrogens (tertiary/aromatic N) is 2. The summed E-state index contributed by atoms with van der Waals surface area (Å²) in [6, 6.07) is 28.9. The van der Waals surface area contributed by atoms with E-state index in [1.54, 1.807) is 11.8 Å². The van der Waals surface area contributed by atoms with Crippen LogP contribution < -0.4 is 5.73 Å². The second-order valence-corrected chi connectivity index (χ2v) is 7.36. The number of imidazole rings is 1. The van der Waals surface area contributed by atoms with E-state index in [0.717, 1.165) is 33.5 Å². The minimum atomic E-state index is 0.790. The van der Waals surface area contributed by atoms with Gasteiger partial charge in [-0.3, -0.25) is 0 Å². The van der Waals surface area contributed by atoms with Crippen LogP contribution in [0.4, 0.5) is 5.69 Å². The molecule has 0 bridgehead atoms. The first-order chi connectivity index (χ1) is 13.2. The van der Waals surface area contributed by atoms with Gasteiger partial charge in [-0.15, -0.1) is 0 Å². The second kappa shape index (κ2) is 7.72. The Morgan fingerprint density at radius 3 is 2.04 bits per heavy atom. The van der Waals surface area contributed by atoms with Crippen molar-refractivity contribution in [2.45, 2.75) is 10.9 Å². The SMILES string of the molecule is Cn1c(SCc2ccc(N)cc2)nc(-c2ccccc2)c1-c1ccccc1. The number of hydrogen-bond acceptors (Lipinski definition) is 3. The molecule has 0 fully saturated rings. The summed E-state index contributed by atoms with van der Waals surface area (Å²) in [6.45, 7) is 0. The van der Waals surface area contributed by atoms with Gasteiger partial charge in [0.05, 0.1) is 11.4 Å². The van der Waals surface area contributed by atoms with Gasteiger partial charge in [-0.1, -0.05) is 84.6 Å². The Labute approximate surface area is 163 Å². The van der Waals surface area contributed by atoms with Gasteiger partial charge < -0.3 is 10.3 Å². The maximum atomic E-state index is 5.79. The largest absolute Gasteiger partial charge is 0.399 e. The van der Waals surface area contributed by atoms with E-state index in [1.807, 2.05) is 24.3 Å². The number of benzene rings is 3. The molecular formula is C23H21N3S. The lowest BCUT2D eigenvalue weighted by Gasteiger charge is -2.08. The monoisotopic (exact) mass is 371 g/mol. The summed E-state index contributed by atoms with van der Waals surface area (Å²) in [4.78, 5) is 4.99. The molecule has 4 heteroatoms. The van der Waals surface area contributed by atoms with E-state index < -0.39 is 0 Å². The van der Waals surface area contributed by atoms with Crippen molar-refractivity contribution in [3.05, 3.63) is 90.5 Å². The smallest absolute Gasteiger partial charge is 0.169 e. The van der Waals surface area contributed by atoms with Crippen LogP contribution in [0, 0.1) is 0 Å². The summed E-state index contributed by atoms with van der Waals surface area (Å²) >= 11 is 1.74. The average Bonchev–Trinajstić information content (AvgIpc) is 3.05. The van der Waals surface area contributed by atoms with Crippen molar-refractivity contribution < 1.29 is 0 Å². The van der Waals surface area contributed by atoms with Crippen LogP contribution in [0.2, 0.25) is 0 Å². The predicted molar refractivity (Wildman–Crippen MR) is 114 cm³/mol. The van der Waals surface area contributed by atoms with Gasteiger partial charge in [-0.05, 0) is 17.7 Å². The molecular weight excluding hydrogens is 350 g/mol. The maximum absolute atomic E-state index is 5.79. The average molecular weight is 372 g/mol. The third-order valence-corrected chi connectivity index (χ3v) is 5.60. The zero-order valence-corrected chi connectivity index (χ0v) is 16.0. The fourth-order valence-electron chi connectivity index (χ4n) is 3.09. The number of anilines is 1. The summed E-state index contributed by atoms with van der Waals surface area (Å²) < 4.78 is 2.19. The second-order valence-electron chi connectivity index (χ2n) is 6.41. The van der Waals surface area contributed by atoms with E-state index in [9.17, 15) is 0 Å². The molecule has 3 nitrogen and oxygen atoms in total. The summed E-state index contributed by atoms with van der Waals surface area (Å²) in [6.07, 6.45) is 0. The molecule has 134 valence electrons. The lowest BCUT2D eigenvalue weighted by Crippen LogP contribution is -1.95. The van der Waals surface area contributed by atoms with Crippen LogP contribution in [0.25, 0.3) is 22.5 Å². The Kier molecular flexibility index (Phi) is 4.99. The number of rotatable bonds is 5. The zero-order chi connectivity index (χ0) is 18.6.